The second-order valence-electron chi connectivity index (χ2n) is 0.465. The maximum atomic E-state index is 4.89. The van der Waals surface area contributed by atoms with Crippen molar-refractivity contribution in [3.05, 3.63) is 11.6 Å². The zero-order valence-corrected chi connectivity index (χ0v) is 5.53. The first-order valence-electron chi connectivity index (χ1n) is 2.14. The third-order valence-electron chi connectivity index (χ3n) is 0.157. The van der Waals surface area contributed by atoms with E-state index >= 15 is 0 Å². The van der Waals surface area contributed by atoms with Gasteiger partial charge >= 0.3 is 0 Å². The Morgan fingerprint density at radius 1 is 1.43 bits per heavy atom. The van der Waals surface area contributed by atoms with E-state index in [0.717, 1.165) is 11.9 Å². The Morgan fingerprint density at radius 2 is 1.86 bits per heavy atom. The van der Waals surface area contributed by atoms with Crippen LogP contribution in [0.5, 0.6) is 0 Å². The van der Waals surface area contributed by atoms with Gasteiger partial charge in [0.05, 0.1) is 0 Å². The normalized spacial score (nSPS) is 7.86. The molecule has 0 saturated heterocycles. The Kier molecular flexibility index (Phi) is 24.1. The van der Waals surface area contributed by atoms with Crippen molar-refractivity contribution in [1.82, 2.24) is 0 Å². The molecule has 0 aliphatic heterocycles. The van der Waals surface area contributed by atoms with E-state index in [0.29, 0.717) is 0 Å². The highest BCUT2D eigenvalue weighted by Crippen LogP contribution is 1.80. The minimum atomic E-state index is 1.10. The van der Waals surface area contributed by atoms with Crippen LogP contribution in [0.25, 0.3) is 0 Å². The standard InChI is InChI=1S/C2H6N2S.C2H6/c3-1-2-5-4;1-2/h1-2H,3-4H2;1-2H3/b2-1-;. The van der Waals surface area contributed by atoms with Gasteiger partial charge in [0.1, 0.15) is 0 Å². The van der Waals surface area contributed by atoms with Gasteiger partial charge in [-0.3, -0.25) is 5.14 Å². The van der Waals surface area contributed by atoms with E-state index in [1.807, 2.05) is 13.8 Å². The first kappa shape index (κ1) is 9.97. The second-order valence-corrected chi connectivity index (χ2v) is 1.01. The smallest absolute Gasteiger partial charge is 0.00168 e. The molecule has 44 valence electrons. The molecule has 7 heavy (non-hydrogen) atoms. The molecule has 0 aliphatic rings. The maximum absolute atomic E-state index is 4.89. The molecule has 0 amide bonds. The molecule has 0 rings (SSSR count). The van der Waals surface area contributed by atoms with E-state index in [9.17, 15) is 0 Å². The van der Waals surface area contributed by atoms with Gasteiger partial charge in [-0.15, -0.1) is 0 Å². The van der Waals surface area contributed by atoms with Crippen LogP contribution in [0.15, 0.2) is 11.6 Å². The molecule has 0 bridgehead atoms. The zero-order valence-electron chi connectivity index (χ0n) is 4.72. The fourth-order valence-corrected chi connectivity index (χ4v) is 0.136. The summed E-state index contributed by atoms with van der Waals surface area (Å²) in [7, 11) is 0. The van der Waals surface area contributed by atoms with Crippen molar-refractivity contribution >= 4 is 11.9 Å². The second kappa shape index (κ2) is 16.9. The van der Waals surface area contributed by atoms with Crippen LogP contribution in [0.3, 0.4) is 0 Å². The molecule has 0 atom stereocenters. The maximum Gasteiger partial charge on any atom is 0.00168 e. The van der Waals surface area contributed by atoms with Gasteiger partial charge in [0.25, 0.3) is 0 Å². The minimum absolute atomic E-state index is 1.10. The van der Waals surface area contributed by atoms with Gasteiger partial charge < -0.3 is 5.73 Å². The topological polar surface area (TPSA) is 52.0 Å². The zero-order chi connectivity index (χ0) is 6.12. The number of hydrogen-bond donors (Lipinski definition) is 2. The molecular weight excluding hydrogens is 108 g/mol. The van der Waals surface area contributed by atoms with Crippen LogP contribution >= 0.6 is 11.9 Å². The number of hydrogen-bond acceptors (Lipinski definition) is 3. The lowest BCUT2D eigenvalue weighted by Gasteiger charge is -1.67. The Hall–Kier alpha value is -0.150. The fourth-order valence-electron chi connectivity index (χ4n) is 0.0454. The molecule has 3 heteroatoms. The number of nitrogens with two attached hydrogens (primary N) is 2. The first-order chi connectivity index (χ1) is 3.41. The quantitative estimate of drug-likeness (QED) is 0.508. The Labute approximate surface area is 49.1 Å². The molecule has 0 unspecified atom stereocenters. The summed E-state index contributed by atoms with van der Waals surface area (Å²) in [5.41, 5.74) is 4.86. The minimum Gasteiger partial charge on any atom is -0.404 e. The van der Waals surface area contributed by atoms with E-state index in [2.05, 4.69) is 0 Å². The summed E-state index contributed by atoms with van der Waals surface area (Å²) >= 11 is 1.10. The van der Waals surface area contributed by atoms with Crippen molar-refractivity contribution in [2.24, 2.45) is 10.9 Å². The SMILES string of the molecule is CC.N/C=C\SN. The van der Waals surface area contributed by atoms with Gasteiger partial charge in [0, 0.05) is 11.6 Å². The van der Waals surface area contributed by atoms with Crippen molar-refractivity contribution in [3.8, 4) is 0 Å². The summed E-state index contributed by atoms with van der Waals surface area (Å²) in [5.74, 6) is 0. The van der Waals surface area contributed by atoms with Crippen molar-refractivity contribution in [1.29, 1.82) is 0 Å². The van der Waals surface area contributed by atoms with Gasteiger partial charge in [0.15, 0.2) is 0 Å². The summed E-state index contributed by atoms with van der Waals surface area (Å²) in [6.45, 7) is 4.00. The van der Waals surface area contributed by atoms with Crippen LogP contribution in [0, 0.1) is 0 Å². The molecule has 0 spiro atoms. The van der Waals surface area contributed by atoms with Crippen LogP contribution < -0.4 is 10.9 Å². The Bertz CT molecular complexity index is 36.7. The lowest BCUT2D eigenvalue weighted by atomic mass is 11.0. The van der Waals surface area contributed by atoms with Gasteiger partial charge in [-0.1, -0.05) is 25.8 Å². The van der Waals surface area contributed by atoms with Crippen molar-refractivity contribution in [2.45, 2.75) is 13.8 Å². The van der Waals surface area contributed by atoms with Crippen LogP contribution in [0.4, 0.5) is 0 Å². The molecule has 0 fully saturated rings. The lowest BCUT2D eigenvalue weighted by Crippen LogP contribution is -1.75. The third-order valence-corrected chi connectivity index (χ3v) is 0.471. The van der Waals surface area contributed by atoms with Crippen LogP contribution in [-0.2, 0) is 0 Å². The third kappa shape index (κ3) is 25.3. The molecule has 0 aromatic heterocycles. The van der Waals surface area contributed by atoms with Gasteiger partial charge in [-0.2, -0.15) is 0 Å². The molecule has 4 N–H and O–H groups in total. The first-order valence-corrected chi connectivity index (χ1v) is 3.08. The average molecular weight is 120 g/mol. The van der Waals surface area contributed by atoms with Gasteiger partial charge in [0.2, 0.25) is 0 Å². The molecule has 0 radical (unpaired) electrons. The summed E-state index contributed by atoms with van der Waals surface area (Å²) in [4.78, 5) is 0. The monoisotopic (exact) mass is 120 g/mol. The van der Waals surface area contributed by atoms with E-state index in [1.165, 1.54) is 6.20 Å². The van der Waals surface area contributed by atoms with Gasteiger partial charge in [-0.05, 0) is 0 Å². The molecular formula is C4H12N2S. The van der Waals surface area contributed by atoms with Gasteiger partial charge in [-0.25, -0.2) is 0 Å². The van der Waals surface area contributed by atoms with E-state index in [-0.39, 0.29) is 0 Å². The van der Waals surface area contributed by atoms with E-state index in [1.54, 1.807) is 5.41 Å². The van der Waals surface area contributed by atoms with Crippen LogP contribution in [0.2, 0.25) is 0 Å². The highest BCUT2D eigenvalue weighted by Gasteiger charge is 1.51. The Balaban J connectivity index is 0. The fraction of sp³-hybridized carbons (Fsp3) is 0.500. The summed E-state index contributed by atoms with van der Waals surface area (Å²) in [5, 5.41) is 6.49. The molecule has 0 aromatic rings. The molecule has 0 aliphatic carbocycles. The summed E-state index contributed by atoms with van der Waals surface area (Å²) in [6, 6.07) is 0. The predicted molar refractivity (Wildman–Crippen MR) is 36.5 cm³/mol. The van der Waals surface area contributed by atoms with Crippen LogP contribution in [0.1, 0.15) is 13.8 Å². The summed E-state index contributed by atoms with van der Waals surface area (Å²) in [6.07, 6.45) is 1.39. The molecule has 0 aromatic carbocycles. The lowest BCUT2D eigenvalue weighted by molar-refractivity contribution is 1.50. The largest absolute Gasteiger partial charge is 0.404 e. The van der Waals surface area contributed by atoms with E-state index in [4.69, 9.17) is 10.9 Å². The van der Waals surface area contributed by atoms with Crippen molar-refractivity contribution in [3.63, 3.8) is 0 Å². The van der Waals surface area contributed by atoms with Crippen LogP contribution in [-0.4, -0.2) is 0 Å². The average Bonchev–Trinajstić information content (AvgIpc) is 1.75. The van der Waals surface area contributed by atoms with E-state index < -0.39 is 0 Å². The van der Waals surface area contributed by atoms with Crippen molar-refractivity contribution < 1.29 is 0 Å². The molecule has 0 saturated carbocycles. The molecule has 0 heterocycles. The highest BCUT2D eigenvalue weighted by molar-refractivity contribution is 7.99. The molecule has 2 nitrogen and oxygen atoms in total. The van der Waals surface area contributed by atoms with Crippen molar-refractivity contribution in [2.75, 3.05) is 0 Å². The summed E-state index contributed by atoms with van der Waals surface area (Å²) < 4.78 is 0. The highest BCUT2D eigenvalue weighted by atomic mass is 32.2. The predicted octanol–water partition coefficient (Wildman–Crippen LogP) is 1.05. The Morgan fingerprint density at radius 3 is 1.86 bits per heavy atom. The number of rotatable bonds is 1.